The lowest BCUT2D eigenvalue weighted by Gasteiger charge is -2.38. The van der Waals surface area contributed by atoms with E-state index in [9.17, 15) is 9.90 Å². The molecule has 4 heterocycles. The van der Waals surface area contributed by atoms with E-state index in [1.807, 2.05) is 12.3 Å². The van der Waals surface area contributed by atoms with Gasteiger partial charge in [0.1, 0.15) is 11.3 Å². The zero-order valence-corrected chi connectivity index (χ0v) is 16.2. The van der Waals surface area contributed by atoms with E-state index >= 15 is 0 Å². The Morgan fingerprint density at radius 2 is 2.07 bits per heavy atom. The molecule has 0 spiro atoms. The quantitative estimate of drug-likeness (QED) is 0.710. The molecule has 5 rings (SSSR count). The number of nitrogens with zero attached hydrogens (tertiary/aromatic N) is 5. The van der Waals surface area contributed by atoms with Crippen LogP contribution in [0.3, 0.4) is 0 Å². The van der Waals surface area contributed by atoms with E-state index in [0.717, 1.165) is 52.8 Å². The number of thiophene rings is 1. The van der Waals surface area contributed by atoms with E-state index in [1.165, 1.54) is 4.90 Å². The normalized spacial score (nSPS) is 23.0. The van der Waals surface area contributed by atoms with Crippen molar-refractivity contribution in [1.29, 1.82) is 5.26 Å². The van der Waals surface area contributed by atoms with E-state index < -0.39 is 6.09 Å². The summed E-state index contributed by atoms with van der Waals surface area (Å²) in [6.07, 6.45) is 5.81. The molecule has 1 aliphatic carbocycles. The highest BCUT2D eigenvalue weighted by atomic mass is 32.1. The molecule has 28 heavy (non-hydrogen) atoms. The summed E-state index contributed by atoms with van der Waals surface area (Å²) in [5.74, 6) is 1.63. The van der Waals surface area contributed by atoms with Crippen LogP contribution in [0, 0.1) is 17.2 Å². The number of carbonyl (C=O) groups is 1. The molecule has 8 heteroatoms. The monoisotopic (exact) mass is 395 g/mol. The first-order valence-electron chi connectivity index (χ1n) is 9.74. The third kappa shape index (κ3) is 2.73. The number of hydrogen-bond donors (Lipinski definition) is 1. The third-order valence-electron chi connectivity index (χ3n) is 6.23. The summed E-state index contributed by atoms with van der Waals surface area (Å²) >= 11 is 1.69. The summed E-state index contributed by atoms with van der Waals surface area (Å²) in [6.45, 7) is 1.01. The lowest BCUT2D eigenvalue weighted by Crippen LogP contribution is -2.48. The minimum Gasteiger partial charge on any atom is -0.465 e. The molecule has 3 aromatic rings. The lowest BCUT2D eigenvalue weighted by atomic mass is 9.84. The molecule has 1 saturated heterocycles. The number of nitriles is 1. The van der Waals surface area contributed by atoms with E-state index in [2.05, 4.69) is 21.0 Å². The van der Waals surface area contributed by atoms with Crippen LogP contribution in [-0.2, 0) is 0 Å². The van der Waals surface area contributed by atoms with Gasteiger partial charge >= 0.3 is 6.09 Å². The summed E-state index contributed by atoms with van der Waals surface area (Å²) in [5, 5.41) is 20.3. The number of amides is 1. The molecule has 0 aromatic carbocycles. The second-order valence-electron chi connectivity index (χ2n) is 7.89. The zero-order chi connectivity index (χ0) is 19.3. The van der Waals surface area contributed by atoms with E-state index in [4.69, 9.17) is 10.2 Å². The van der Waals surface area contributed by atoms with Crippen LogP contribution in [0.2, 0.25) is 0 Å². The number of fused-ring (bicyclic) bond motifs is 3. The van der Waals surface area contributed by atoms with Gasteiger partial charge < -0.3 is 14.6 Å². The van der Waals surface area contributed by atoms with Crippen molar-refractivity contribution in [3.8, 4) is 6.07 Å². The molecular weight excluding hydrogens is 374 g/mol. The van der Waals surface area contributed by atoms with Crippen LogP contribution in [-0.4, -0.2) is 43.7 Å². The first kappa shape index (κ1) is 17.4. The molecule has 144 valence electrons. The number of hydrogen-bond acceptors (Lipinski definition) is 5. The Morgan fingerprint density at radius 1 is 1.29 bits per heavy atom. The molecule has 0 unspecified atom stereocenters. The molecule has 1 aliphatic heterocycles. The molecule has 1 amide bonds. The largest absolute Gasteiger partial charge is 0.465 e. The fourth-order valence-corrected chi connectivity index (χ4v) is 5.58. The molecule has 7 nitrogen and oxygen atoms in total. The van der Waals surface area contributed by atoms with Gasteiger partial charge in [0.15, 0.2) is 0 Å². The average Bonchev–Trinajstić information content (AvgIpc) is 3.25. The summed E-state index contributed by atoms with van der Waals surface area (Å²) in [7, 11) is 0. The highest BCUT2D eigenvalue weighted by Crippen LogP contribution is 2.41. The fraction of sp³-hybridized carbons (Fsp3) is 0.500. The minimum atomic E-state index is -0.863. The molecule has 0 radical (unpaired) electrons. The first-order chi connectivity index (χ1) is 13.7. The number of pyridine rings is 1. The summed E-state index contributed by atoms with van der Waals surface area (Å²) < 4.78 is 3.55. The average molecular weight is 395 g/mol. The fourth-order valence-electron chi connectivity index (χ4n) is 4.69. The van der Waals surface area contributed by atoms with Gasteiger partial charge in [-0.15, -0.1) is 11.3 Å². The predicted octanol–water partition coefficient (Wildman–Crippen LogP) is 4.37. The van der Waals surface area contributed by atoms with Crippen molar-refractivity contribution < 1.29 is 9.90 Å². The number of carboxylic acid groups (broad SMARTS) is 1. The third-order valence-corrected chi connectivity index (χ3v) is 7.14. The molecule has 2 fully saturated rings. The Hall–Kier alpha value is -2.66. The Labute approximate surface area is 166 Å². The van der Waals surface area contributed by atoms with Crippen LogP contribution in [0.1, 0.15) is 49.9 Å². The maximum atomic E-state index is 11.2. The van der Waals surface area contributed by atoms with Gasteiger partial charge in [-0.1, -0.05) is 0 Å². The highest BCUT2D eigenvalue weighted by Gasteiger charge is 2.37. The highest BCUT2D eigenvalue weighted by molar-refractivity contribution is 7.18. The van der Waals surface area contributed by atoms with E-state index in [0.29, 0.717) is 31.5 Å². The van der Waals surface area contributed by atoms with Gasteiger partial charge in [0.05, 0.1) is 33.9 Å². The molecule has 2 aliphatic rings. The topological polar surface area (TPSA) is 95.0 Å². The van der Waals surface area contributed by atoms with Crippen molar-refractivity contribution in [3.63, 3.8) is 0 Å². The molecule has 0 atom stereocenters. The minimum absolute atomic E-state index is 0.135. The van der Waals surface area contributed by atoms with Gasteiger partial charge in [-0.25, -0.2) is 9.78 Å². The van der Waals surface area contributed by atoms with Gasteiger partial charge in [-0.3, -0.25) is 4.98 Å². The van der Waals surface area contributed by atoms with Crippen LogP contribution in [0.4, 0.5) is 4.79 Å². The van der Waals surface area contributed by atoms with Gasteiger partial charge in [0.2, 0.25) is 0 Å². The van der Waals surface area contributed by atoms with Gasteiger partial charge in [-0.05, 0) is 43.0 Å². The Morgan fingerprint density at radius 3 is 2.79 bits per heavy atom. The second kappa shape index (κ2) is 6.74. The SMILES string of the molecule is N#CCC1CCC(n2c(C3CN(C(=O)O)C3)nc3cnc4ccsc4c32)CC1. The Kier molecular flexibility index (Phi) is 4.20. The number of aromatic nitrogens is 3. The smallest absolute Gasteiger partial charge is 0.407 e. The molecular formula is C20H21N5O2S. The van der Waals surface area contributed by atoms with Gasteiger partial charge in [0.25, 0.3) is 0 Å². The van der Waals surface area contributed by atoms with Crippen molar-refractivity contribution in [2.75, 3.05) is 13.1 Å². The van der Waals surface area contributed by atoms with Gasteiger partial charge in [-0.2, -0.15) is 5.26 Å². The lowest BCUT2D eigenvalue weighted by molar-refractivity contribution is 0.101. The van der Waals surface area contributed by atoms with Crippen molar-refractivity contribution >= 4 is 38.7 Å². The van der Waals surface area contributed by atoms with Crippen LogP contribution in [0.15, 0.2) is 17.6 Å². The molecule has 1 N–H and O–H groups in total. The Balaban J connectivity index is 1.57. The Bertz CT molecular complexity index is 1080. The maximum Gasteiger partial charge on any atom is 0.407 e. The summed E-state index contributed by atoms with van der Waals surface area (Å²) in [6, 6.07) is 4.70. The van der Waals surface area contributed by atoms with Crippen molar-refractivity contribution in [2.45, 2.75) is 44.1 Å². The van der Waals surface area contributed by atoms with Crippen LogP contribution in [0.5, 0.6) is 0 Å². The van der Waals surface area contributed by atoms with Gasteiger partial charge in [0, 0.05) is 25.6 Å². The standard InChI is InChI=1S/C20H21N5O2S/c21-7-5-12-1-3-14(4-2-12)25-17-16(9-22-15-6-8-28-18(15)17)23-19(25)13-10-24(11-13)20(26)27/h6,8-9,12-14H,1-5,10-11H2,(H,26,27). The molecule has 1 saturated carbocycles. The number of rotatable bonds is 3. The van der Waals surface area contributed by atoms with Crippen LogP contribution >= 0.6 is 11.3 Å². The number of likely N-dealkylation sites (tertiary alicyclic amines) is 1. The van der Waals surface area contributed by atoms with Crippen LogP contribution in [0.25, 0.3) is 21.3 Å². The predicted molar refractivity (Wildman–Crippen MR) is 106 cm³/mol. The number of imidazole rings is 1. The van der Waals surface area contributed by atoms with E-state index in [-0.39, 0.29) is 5.92 Å². The first-order valence-corrected chi connectivity index (χ1v) is 10.6. The van der Waals surface area contributed by atoms with Crippen molar-refractivity contribution in [1.82, 2.24) is 19.4 Å². The van der Waals surface area contributed by atoms with Crippen molar-refractivity contribution in [2.24, 2.45) is 5.92 Å². The molecule has 0 bridgehead atoms. The maximum absolute atomic E-state index is 11.2. The van der Waals surface area contributed by atoms with Crippen LogP contribution < -0.4 is 0 Å². The zero-order valence-electron chi connectivity index (χ0n) is 15.4. The van der Waals surface area contributed by atoms with Crippen molar-refractivity contribution in [3.05, 3.63) is 23.5 Å². The summed E-state index contributed by atoms with van der Waals surface area (Å²) in [4.78, 5) is 22.1. The summed E-state index contributed by atoms with van der Waals surface area (Å²) in [5.41, 5.74) is 3.04. The van der Waals surface area contributed by atoms with E-state index in [1.54, 1.807) is 11.3 Å². The second-order valence-corrected chi connectivity index (χ2v) is 8.80. The molecule has 3 aromatic heterocycles.